The third-order valence-corrected chi connectivity index (χ3v) is 15.0. The Bertz CT molecular complexity index is 1340. The van der Waals surface area contributed by atoms with Crippen molar-refractivity contribution < 1.29 is 84.3 Å². The lowest BCUT2D eigenvalue weighted by Crippen LogP contribution is -2.67. The van der Waals surface area contributed by atoms with E-state index in [-0.39, 0.29) is 14.8 Å². The zero-order valence-corrected chi connectivity index (χ0v) is 32.7. The summed E-state index contributed by atoms with van der Waals surface area (Å²) in [4.78, 5) is 14.7. The van der Waals surface area contributed by atoms with Gasteiger partial charge in [0, 0.05) is 3.42 Å². The number of carbonyl (C=O) groups excluding carboxylic acids is 1. The predicted molar refractivity (Wildman–Crippen MR) is 191 cm³/mol. The number of aliphatic hydroxyl groups excluding tert-OH is 10. The minimum Gasteiger partial charge on any atom is -0.432 e. The first kappa shape index (κ1) is 42.9. The number of carbonyl (C=O) groups is 1. The van der Waals surface area contributed by atoms with Crippen molar-refractivity contribution >= 4 is 28.6 Å². The van der Waals surface area contributed by atoms with E-state index in [1.54, 1.807) is 0 Å². The molecule has 0 spiro atoms. The number of aliphatic hydroxyl groups is 10. The van der Waals surface area contributed by atoms with Gasteiger partial charge in [0.05, 0.1) is 25.2 Å². The maximum atomic E-state index is 14.7. The summed E-state index contributed by atoms with van der Waals surface area (Å²) in [6, 6.07) is 0. The largest absolute Gasteiger partial charge is 0.432 e. The summed E-state index contributed by atoms with van der Waals surface area (Å²) in [7, 11) is 0. The first-order chi connectivity index (χ1) is 25.4. The van der Waals surface area contributed by atoms with Crippen molar-refractivity contribution in [2.45, 2.75) is 161 Å². The molecule has 0 aromatic heterocycles. The van der Waals surface area contributed by atoms with Crippen LogP contribution in [-0.2, 0) is 33.2 Å². The normalized spacial score (nSPS) is 52.6. The third kappa shape index (κ3) is 7.54. The van der Waals surface area contributed by atoms with Crippen molar-refractivity contribution in [3.05, 3.63) is 12.2 Å². The highest BCUT2D eigenvalue weighted by molar-refractivity contribution is 14.1. The summed E-state index contributed by atoms with van der Waals surface area (Å²) < 4.78 is 35.3. The van der Waals surface area contributed by atoms with Gasteiger partial charge in [-0.05, 0) is 69.1 Å². The van der Waals surface area contributed by atoms with Crippen molar-refractivity contribution in [2.24, 2.45) is 22.7 Å². The fourth-order valence-electron chi connectivity index (χ4n) is 10.4. The Morgan fingerprint density at radius 2 is 1.22 bits per heavy atom. The molecule has 18 heteroatoms. The van der Waals surface area contributed by atoms with E-state index >= 15 is 0 Å². The molecule has 6 rings (SSSR count). The quantitative estimate of drug-likeness (QED) is 0.0525. The predicted octanol–water partition coefficient (Wildman–Crippen LogP) is -1.89. The van der Waals surface area contributed by atoms with Gasteiger partial charge in [0.1, 0.15) is 67.1 Å². The molecule has 3 heterocycles. The Labute approximate surface area is 327 Å². The highest BCUT2D eigenvalue weighted by Crippen LogP contribution is 2.67. The van der Waals surface area contributed by atoms with Crippen molar-refractivity contribution in [2.75, 3.05) is 19.8 Å². The highest BCUT2D eigenvalue weighted by Gasteiger charge is 2.64. The van der Waals surface area contributed by atoms with E-state index in [1.165, 1.54) is 5.57 Å². The van der Waals surface area contributed by atoms with Crippen LogP contribution in [0.15, 0.2) is 12.2 Å². The summed E-state index contributed by atoms with van der Waals surface area (Å²) in [5.41, 5.74) is 0.0147. The molecule has 10 N–H and O–H groups in total. The monoisotopic (exact) mass is 888 g/mol. The molecule has 54 heavy (non-hydrogen) atoms. The smallest absolute Gasteiger partial charge is 0.314 e. The molecule has 310 valence electrons. The standard InChI is InChI=1S/C36H57IO17/c1-15-5-6-20-34(2)8-4-9-35(3,19(34)7-10-36(20,37)11-15)33(48)54-32-29(53-31-27(47)25(45)22(42)17(13-39)50-31)28(23(43)18(14-40)51-32)52-30-26(46)24(44)21(41)16(12-38)49-30/h16-32,38-47H,1,4-14H2,2-3H3/t16?,17?,18?,19?,20-,21?,22?,23?,24?,25-,26?,27?,28?,29?,30?,31?,32?,34+,35+,36-/m0/s1. The van der Waals surface area contributed by atoms with E-state index in [0.717, 1.165) is 44.9 Å². The minimum atomic E-state index is -1.95. The number of rotatable bonds is 9. The summed E-state index contributed by atoms with van der Waals surface area (Å²) in [6.45, 7) is 6.00. The maximum Gasteiger partial charge on any atom is 0.314 e. The van der Waals surface area contributed by atoms with Gasteiger partial charge in [-0.1, -0.05) is 48.1 Å². The highest BCUT2D eigenvalue weighted by atomic mass is 127. The lowest BCUT2D eigenvalue weighted by atomic mass is 9.44. The molecule has 0 aromatic rings. The van der Waals surface area contributed by atoms with Crippen LogP contribution in [-0.4, -0.2) is 172 Å². The molecule has 6 fully saturated rings. The molecule has 3 saturated carbocycles. The van der Waals surface area contributed by atoms with E-state index in [9.17, 15) is 55.9 Å². The van der Waals surface area contributed by atoms with Crippen LogP contribution >= 0.6 is 22.6 Å². The fourth-order valence-corrected chi connectivity index (χ4v) is 12.2. The average Bonchev–Trinajstić information content (AvgIpc) is 3.13. The molecule has 6 aliphatic rings. The first-order valence-corrected chi connectivity index (χ1v) is 19.9. The SMILES string of the molecule is C=C1CC[C@@H]2[C@](I)(CCC3[C@](C)(C(=O)OC4OC(CO)C(O)C(OC5OC(CO)C(O)C(O)C5O)C4OC4OC(CO)C(O)[C@H](O)C4O)CCC[C@]32C)C1. The van der Waals surface area contributed by atoms with E-state index in [2.05, 4.69) is 36.1 Å². The van der Waals surface area contributed by atoms with Crippen LogP contribution in [0.25, 0.3) is 0 Å². The molecule has 0 bridgehead atoms. The number of ether oxygens (including phenoxy) is 6. The van der Waals surface area contributed by atoms with E-state index in [4.69, 9.17) is 28.4 Å². The number of hydrogen-bond donors (Lipinski definition) is 10. The van der Waals surface area contributed by atoms with Gasteiger partial charge < -0.3 is 79.5 Å². The lowest BCUT2D eigenvalue weighted by Gasteiger charge is -2.63. The molecular formula is C36H57IO17. The molecule has 0 amide bonds. The second kappa shape index (κ2) is 16.5. The Morgan fingerprint density at radius 1 is 0.704 bits per heavy atom. The van der Waals surface area contributed by atoms with Crippen molar-refractivity contribution in [3.63, 3.8) is 0 Å². The molecule has 0 radical (unpaired) electrons. The van der Waals surface area contributed by atoms with Crippen LogP contribution in [0.5, 0.6) is 0 Å². The molecule has 15 unspecified atom stereocenters. The van der Waals surface area contributed by atoms with Crippen LogP contribution in [0.4, 0.5) is 0 Å². The van der Waals surface area contributed by atoms with Crippen LogP contribution in [0.3, 0.4) is 0 Å². The van der Waals surface area contributed by atoms with Crippen LogP contribution in [0.1, 0.15) is 65.2 Å². The number of allylic oxidation sites excluding steroid dienone is 1. The number of esters is 1. The van der Waals surface area contributed by atoms with E-state index in [1.807, 2.05) is 6.92 Å². The number of fused-ring (bicyclic) bond motifs is 3. The van der Waals surface area contributed by atoms with Gasteiger partial charge in [0.15, 0.2) is 18.7 Å². The zero-order valence-electron chi connectivity index (χ0n) is 30.5. The van der Waals surface area contributed by atoms with Gasteiger partial charge in [-0.15, -0.1) is 0 Å². The van der Waals surface area contributed by atoms with Crippen molar-refractivity contribution in [1.82, 2.24) is 0 Å². The number of halogens is 1. The molecule has 0 aromatic carbocycles. The zero-order chi connectivity index (χ0) is 39.5. The second-order valence-electron chi connectivity index (χ2n) is 16.6. The third-order valence-electron chi connectivity index (χ3n) is 13.3. The van der Waals surface area contributed by atoms with Crippen LogP contribution in [0.2, 0.25) is 0 Å². The van der Waals surface area contributed by atoms with Gasteiger partial charge in [0.25, 0.3) is 0 Å². The Morgan fingerprint density at radius 3 is 1.78 bits per heavy atom. The lowest BCUT2D eigenvalue weighted by molar-refractivity contribution is -0.388. The van der Waals surface area contributed by atoms with E-state index < -0.39 is 123 Å². The minimum absolute atomic E-state index is 0.0246. The Balaban J connectivity index is 1.32. The van der Waals surface area contributed by atoms with Gasteiger partial charge >= 0.3 is 5.97 Å². The van der Waals surface area contributed by atoms with Gasteiger partial charge in [-0.25, -0.2) is 0 Å². The topological polar surface area (TPSA) is 275 Å². The summed E-state index contributed by atoms with van der Waals surface area (Å²) >= 11 is 2.60. The summed E-state index contributed by atoms with van der Waals surface area (Å²) in [5, 5.41) is 105. The van der Waals surface area contributed by atoms with Crippen LogP contribution in [0, 0.1) is 22.7 Å². The van der Waals surface area contributed by atoms with Crippen LogP contribution < -0.4 is 0 Å². The molecule has 3 aliphatic carbocycles. The average molecular weight is 889 g/mol. The van der Waals surface area contributed by atoms with E-state index in [0.29, 0.717) is 12.3 Å². The molecular weight excluding hydrogens is 831 g/mol. The fraction of sp³-hybridized carbons (Fsp3) is 0.917. The molecule has 17 nitrogen and oxygen atoms in total. The molecule has 3 aliphatic heterocycles. The van der Waals surface area contributed by atoms with Gasteiger partial charge in [-0.2, -0.15) is 0 Å². The maximum absolute atomic E-state index is 14.7. The van der Waals surface area contributed by atoms with Crippen molar-refractivity contribution in [3.8, 4) is 0 Å². The second-order valence-corrected chi connectivity index (χ2v) is 18.8. The summed E-state index contributed by atoms with van der Waals surface area (Å²) in [5.74, 6) is -0.397. The first-order valence-electron chi connectivity index (χ1n) is 18.9. The van der Waals surface area contributed by atoms with Gasteiger partial charge in [-0.3, -0.25) is 4.79 Å². The van der Waals surface area contributed by atoms with Crippen molar-refractivity contribution in [1.29, 1.82) is 0 Å². The Kier molecular flexibility index (Phi) is 13.1. The number of hydrogen-bond acceptors (Lipinski definition) is 17. The summed E-state index contributed by atoms with van der Waals surface area (Å²) in [6.07, 6.45) is -19.6. The molecule has 3 saturated heterocycles. The van der Waals surface area contributed by atoms with Gasteiger partial charge in [0.2, 0.25) is 6.29 Å². The molecule has 20 atom stereocenters. The Hall–Kier alpha value is -0.660. The number of alkyl halides is 1.